The first-order valence-corrected chi connectivity index (χ1v) is 9.66. The Labute approximate surface area is 167 Å². The standard InChI is InChI=1S/C23H19BrN2O/c24-20-14-8-7-13-19(20)23-25-21(17-9-3-1-4-10-17)22(26(23)15-16-27)18-11-5-2-6-12-18/h1-14,27H,15-16H2. The predicted molar refractivity (Wildman–Crippen MR) is 113 cm³/mol. The van der Waals surface area contributed by atoms with Crippen LogP contribution in [0.5, 0.6) is 0 Å². The molecule has 4 heteroatoms. The fourth-order valence-electron chi connectivity index (χ4n) is 3.30. The number of hydrogen-bond acceptors (Lipinski definition) is 2. The number of aliphatic hydroxyl groups excluding tert-OH is 1. The topological polar surface area (TPSA) is 38.0 Å². The quantitative estimate of drug-likeness (QED) is 0.455. The van der Waals surface area contributed by atoms with Crippen molar-refractivity contribution in [1.29, 1.82) is 0 Å². The first-order chi connectivity index (χ1) is 13.3. The highest BCUT2D eigenvalue weighted by atomic mass is 79.9. The average Bonchev–Trinajstić information content (AvgIpc) is 3.09. The zero-order valence-corrected chi connectivity index (χ0v) is 16.3. The van der Waals surface area contributed by atoms with Gasteiger partial charge in [-0.2, -0.15) is 0 Å². The third-order valence-corrected chi connectivity index (χ3v) is 5.19. The van der Waals surface area contributed by atoms with Gasteiger partial charge in [-0.3, -0.25) is 0 Å². The Hall–Kier alpha value is -2.69. The Morgan fingerprint density at radius 2 is 1.37 bits per heavy atom. The highest BCUT2D eigenvalue weighted by Gasteiger charge is 2.21. The minimum atomic E-state index is 0.0435. The first-order valence-electron chi connectivity index (χ1n) is 8.86. The van der Waals surface area contributed by atoms with E-state index in [1.165, 1.54) is 0 Å². The van der Waals surface area contributed by atoms with E-state index in [0.717, 1.165) is 38.4 Å². The number of imidazole rings is 1. The Morgan fingerprint density at radius 1 is 0.778 bits per heavy atom. The van der Waals surface area contributed by atoms with Crippen LogP contribution in [0.25, 0.3) is 33.9 Å². The molecule has 0 bridgehead atoms. The van der Waals surface area contributed by atoms with Crippen molar-refractivity contribution in [3.05, 3.63) is 89.4 Å². The van der Waals surface area contributed by atoms with Gasteiger partial charge in [0.25, 0.3) is 0 Å². The van der Waals surface area contributed by atoms with Gasteiger partial charge in [0.2, 0.25) is 0 Å². The van der Waals surface area contributed by atoms with Crippen LogP contribution in [-0.4, -0.2) is 21.3 Å². The van der Waals surface area contributed by atoms with Crippen LogP contribution >= 0.6 is 15.9 Å². The van der Waals surface area contributed by atoms with E-state index < -0.39 is 0 Å². The Morgan fingerprint density at radius 3 is 2.00 bits per heavy atom. The monoisotopic (exact) mass is 418 g/mol. The highest BCUT2D eigenvalue weighted by Crippen LogP contribution is 2.37. The average molecular weight is 419 g/mol. The van der Waals surface area contributed by atoms with Crippen LogP contribution in [0.1, 0.15) is 0 Å². The predicted octanol–water partition coefficient (Wildman–Crippen LogP) is 5.64. The summed E-state index contributed by atoms with van der Waals surface area (Å²) in [5.41, 5.74) is 5.07. The molecule has 3 aromatic carbocycles. The fourth-order valence-corrected chi connectivity index (χ4v) is 3.77. The summed E-state index contributed by atoms with van der Waals surface area (Å²) in [6, 6.07) is 28.5. The van der Waals surface area contributed by atoms with Crippen molar-refractivity contribution >= 4 is 15.9 Å². The summed E-state index contributed by atoms with van der Waals surface area (Å²) in [4.78, 5) is 5.03. The fraction of sp³-hybridized carbons (Fsp3) is 0.0870. The lowest BCUT2D eigenvalue weighted by Crippen LogP contribution is -2.06. The minimum absolute atomic E-state index is 0.0435. The molecule has 0 aliphatic heterocycles. The van der Waals surface area contributed by atoms with Crippen LogP contribution in [0.15, 0.2) is 89.4 Å². The third-order valence-electron chi connectivity index (χ3n) is 4.50. The molecule has 4 aromatic rings. The van der Waals surface area contributed by atoms with Crippen molar-refractivity contribution in [3.8, 4) is 33.9 Å². The number of aromatic nitrogens is 2. The molecule has 1 heterocycles. The molecule has 0 saturated heterocycles. The number of aliphatic hydroxyl groups is 1. The van der Waals surface area contributed by atoms with Gasteiger partial charge in [-0.25, -0.2) is 4.98 Å². The van der Waals surface area contributed by atoms with Crippen LogP contribution in [0.2, 0.25) is 0 Å². The lowest BCUT2D eigenvalue weighted by atomic mass is 10.0. The molecule has 0 atom stereocenters. The van der Waals surface area contributed by atoms with Gasteiger partial charge in [-0.15, -0.1) is 0 Å². The van der Waals surface area contributed by atoms with Crippen LogP contribution < -0.4 is 0 Å². The summed E-state index contributed by atoms with van der Waals surface area (Å²) in [5, 5.41) is 9.75. The molecule has 4 rings (SSSR count). The van der Waals surface area contributed by atoms with E-state index in [1.54, 1.807) is 0 Å². The number of nitrogens with zero attached hydrogens (tertiary/aromatic N) is 2. The Balaban J connectivity index is 2.04. The molecule has 0 aliphatic carbocycles. The molecule has 0 spiro atoms. The van der Waals surface area contributed by atoms with E-state index in [2.05, 4.69) is 44.8 Å². The summed E-state index contributed by atoms with van der Waals surface area (Å²) in [6.45, 7) is 0.516. The lowest BCUT2D eigenvalue weighted by molar-refractivity contribution is 0.277. The van der Waals surface area contributed by atoms with Crippen LogP contribution in [-0.2, 0) is 6.54 Å². The normalized spacial score (nSPS) is 10.9. The Bertz CT molecular complexity index is 1040. The van der Waals surface area contributed by atoms with Crippen LogP contribution in [0, 0.1) is 0 Å². The Kier molecular flexibility index (Phi) is 5.19. The summed E-state index contributed by atoms with van der Waals surface area (Å²) in [6.07, 6.45) is 0. The van der Waals surface area contributed by atoms with Crippen molar-refractivity contribution in [2.75, 3.05) is 6.61 Å². The van der Waals surface area contributed by atoms with Crippen LogP contribution in [0.4, 0.5) is 0 Å². The molecule has 3 nitrogen and oxygen atoms in total. The number of halogens is 1. The molecule has 0 aliphatic rings. The summed E-state index contributed by atoms with van der Waals surface area (Å²) in [7, 11) is 0. The van der Waals surface area contributed by atoms with E-state index in [4.69, 9.17) is 4.98 Å². The van der Waals surface area contributed by atoms with Crippen molar-refractivity contribution in [2.45, 2.75) is 6.54 Å². The van der Waals surface area contributed by atoms with Gasteiger partial charge < -0.3 is 9.67 Å². The molecule has 134 valence electrons. The van der Waals surface area contributed by atoms with E-state index >= 15 is 0 Å². The summed E-state index contributed by atoms with van der Waals surface area (Å²) < 4.78 is 3.09. The molecule has 0 saturated carbocycles. The molecule has 0 radical (unpaired) electrons. The molecule has 27 heavy (non-hydrogen) atoms. The smallest absolute Gasteiger partial charge is 0.142 e. The first kappa shape index (κ1) is 17.7. The van der Waals surface area contributed by atoms with Gasteiger partial charge >= 0.3 is 0 Å². The van der Waals surface area contributed by atoms with E-state index in [0.29, 0.717) is 6.54 Å². The van der Waals surface area contributed by atoms with Gasteiger partial charge in [0, 0.05) is 27.7 Å². The summed E-state index contributed by atoms with van der Waals surface area (Å²) >= 11 is 3.65. The second-order valence-corrected chi connectivity index (χ2v) is 7.07. The van der Waals surface area contributed by atoms with Crippen LogP contribution in [0.3, 0.4) is 0 Å². The zero-order valence-electron chi connectivity index (χ0n) is 14.7. The van der Waals surface area contributed by atoms with E-state index in [-0.39, 0.29) is 6.61 Å². The molecule has 1 aromatic heterocycles. The van der Waals surface area contributed by atoms with Crippen molar-refractivity contribution in [3.63, 3.8) is 0 Å². The molecule has 0 amide bonds. The maximum absolute atomic E-state index is 9.75. The molecule has 0 fully saturated rings. The second kappa shape index (κ2) is 7.91. The molecule has 1 N–H and O–H groups in total. The van der Waals surface area contributed by atoms with Gasteiger partial charge in [-0.05, 0) is 6.07 Å². The third kappa shape index (κ3) is 3.46. The number of benzene rings is 3. The van der Waals surface area contributed by atoms with Gasteiger partial charge in [0.05, 0.1) is 18.0 Å². The van der Waals surface area contributed by atoms with E-state index in [9.17, 15) is 5.11 Å². The lowest BCUT2D eigenvalue weighted by Gasteiger charge is -2.12. The minimum Gasteiger partial charge on any atom is -0.395 e. The highest BCUT2D eigenvalue weighted by molar-refractivity contribution is 9.10. The van der Waals surface area contributed by atoms with Crippen molar-refractivity contribution in [2.24, 2.45) is 0 Å². The second-order valence-electron chi connectivity index (χ2n) is 6.22. The van der Waals surface area contributed by atoms with Crippen molar-refractivity contribution < 1.29 is 5.11 Å². The largest absolute Gasteiger partial charge is 0.395 e. The SMILES string of the molecule is OCCn1c(-c2ccccc2Br)nc(-c2ccccc2)c1-c1ccccc1. The zero-order chi connectivity index (χ0) is 18.6. The van der Waals surface area contributed by atoms with Gasteiger partial charge in [0.15, 0.2) is 0 Å². The maximum Gasteiger partial charge on any atom is 0.142 e. The van der Waals surface area contributed by atoms with Gasteiger partial charge in [0.1, 0.15) is 5.82 Å². The summed E-state index contributed by atoms with van der Waals surface area (Å²) in [5.74, 6) is 0.842. The van der Waals surface area contributed by atoms with E-state index in [1.807, 2.05) is 60.7 Å². The maximum atomic E-state index is 9.75. The van der Waals surface area contributed by atoms with Gasteiger partial charge in [-0.1, -0.05) is 94.8 Å². The number of rotatable bonds is 5. The number of hydrogen-bond donors (Lipinski definition) is 1. The van der Waals surface area contributed by atoms with Crippen molar-refractivity contribution in [1.82, 2.24) is 9.55 Å². The molecular formula is C23H19BrN2O. The molecule has 0 unspecified atom stereocenters. The molecular weight excluding hydrogens is 400 g/mol.